The summed E-state index contributed by atoms with van der Waals surface area (Å²) in [7, 11) is 1.43. The summed E-state index contributed by atoms with van der Waals surface area (Å²) in [5.74, 6) is -3.71. The molecule has 0 saturated carbocycles. The standard InChI is InChI=1S/C36H37F2N7O3/c1-17(2)30-32(19(4)10-12-40-30)45-33-23(15-25(38)31(42-33)27-18(3)8-9-26-24(27)16-41-43-26)28(29(36(45)48)34(46)39-7)22-11-13-44(20(5)14-22)35(47)21(6)37/h8-10,12,15-17,20,22H,6,11,13-14H2,1-5,7H3,(H,39,46)(H,41,43)/t20-,22?/m1/s1. The molecule has 1 saturated heterocycles. The highest BCUT2D eigenvalue weighted by molar-refractivity contribution is 6.02. The predicted octanol–water partition coefficient (Wildman–Crippen LogP) is 6.14. The molecule has 12 heteroatoms. The zero-order valence-electron chi connectivity index (χ0n) is 27.7. The van der Waals surface area contributed by atoms with Crippen LogP contribution in [0.2, 0.25) is 0 Å². The number of likely N-dealkylation sites (tertiary alicyclic amines) is 1. The van der Waals surface area contributed by atoms with Gasteiger partial charge < -0.3 is 10.2 Å². The molecule has 2 atom stereocenters. The number of rotatable bonds is 6. The Morgan fingerprint density at radius 2 is 1.90 bits per heavy atom. The van der Waals surface area contributed by atoms with E-state index in [0.717, 1.165) is 11.1 Å². The Hall–Kier alpha value is -5.26. The van der Waals surface area contributed by atoms with Gasteiger partial charge in [-0.25, -0.2) is 13.8 Å². The summed E-state index contributed by atoms with van der Waals surface area (Å²) in [5, 5.41) is 10.6. The number of carbonyl (C=O) groups is 2. The van der Waals surface area contributed by atoms with Crippen LogP contribution < -0.4 is 10.9 Å². The first-order valence-electron chi connectivity index (χ1n) is 15.9. The smallest absolute Gasteiger partial charge is 0.282 e. The molecule has 5 heterocycles. The molecule has 6 rings (SSSR count). The fraction of sp³-hybridized carbons (Fsp3) is 0.333. The fourth-order valence-corrected chi connectivity index (χ4v) is 7.07. The maximum atomic E-state index is 16.6. The minimum atomic E-state index is -1.06. The van der Waals surface area contributed by atoms with Crippen molar-refractivity contribution in [3.05, 3.63) is 93.2 Å². The molecule has 4 aromatic heterocycles. The minimum Gasteiger partial charge on any atom is -0.355 e. The Morgan fingerprint density at radius 3 is 2.56 bits per heavy atom. The SMILES string of the molecule is C=C(F)C(=O)N1CCC(c2c(C(=O)NC)c(=O)n(-c3c(C)ccnc3C(C)C)c3nc(-c4c(C)ccc5[nH]ncc45)c(F)cc23)C[C@H]1C. The van der Waals surface area contributed by atoms with Gasteiger partial charge >= 0.3 is 0 Å². The molecule has 1 aromatic carbocycles. The lowest BCUT2D eigenvalue weighted by atomic mass is 9.81. The highest BCUT2D eigenvalue weighted by Gasteiger charge is 2.36. The van der Waals surface area contributed by atoms with Crippen LogP contribution in [0.4, 0.5) is 8.78 Å². The third-order valence-electron chi connectivity index (χ3n) is 9.37. The third-order valence-corrected chi connectivity index (χ3v) is 9.37. The Labute approximate surface area is 275 Å². The van der Waals surface area contributed by atoms with Gasteiger partial charge in [0.25, 0.3) is 17.4 Å². The third kappa shape index (κ3) is 5.25. The van der Waals surface area contributed by atoms with Gasteiger partial charge in [0.15, 0.2) is 5.83 Å². The number of aromatic amines is 1. The van der Waals surface area contributed by atoms with Crippen LogP contribution in [-0.2, 0) is 4.79 Å². The number of carbonyl (C=O) groups excluding carboxylic acids is 2. The molecule has 1 unspecified atom stereocenters. The first-order valence-corrected chi connectivity index (χ1v) is 15.9. The quantitative estimate of drug-likeness (QED) is 0.212. The number of nitrogens with zero attached hydrogens (tertiary/aromatic N) is 5. The molecule has 248 valence electrons. The van der Waals surface area contributed by atoms with Crippen molar-refractivity contribution in [1.29, 1.82) is 0 Å². The lowest BCUT2D eigenvalue weighted by molar-refractivity contribution is -0.132. The summed E-state index contributed by atoms with van der Waals surface area (Å²) in [4.78, 5) is 52.1. The number of hydrogen-bond donors (Lipinski definition) is 2. The molecule has 0 aliphatic carbocycles. The van der Waals surface area contributed by atoms with E-state index in [1.165, 1.54) is 22.6 Å². The van der Waals surface area contributed by atoms with Crippen molar-refractivity contribution in [2.45, 2.75) is 65.3 Å². The van der Waals surface area contributed by atoms with E-state index in [9.17, 15) is 18.8 Å². The number of piperidine rings is 1. The van der Waals surface area contributed by atoms with Gasteiger partial charge in [-0.3, -0.25) is 29.0 Å². The Morgan fingerprint density at radius 1 is 1.15 bits per heavy atom. The monoisotopic (exact) mass is 653 g/mol. The van der Waals surface area contributed by atoms with Gasteiger partial charge in [-0.05, 0) is 80.3 Å². The molecule has 1 aliphatic heterocycles. The lowest BCUT2D eigenvalue weighted by Gasteiger charge is -2.38. The Kier molecular flexibility index (Phi) is 8.44. The fourth-order valence-electron chi connectivity index (χ4n) is 7.07. The van der Waals surface area contributed by atoms with E-state index in [-0.39, 0.29) is 34.8 Å². The van der Waals surface area contributed by atoms with Crippen molar-refractivity contribution >= 4 is 33.8 Å². The van der Waals surface area contributed by atoms with Crippen LogP contribution in [0.1, 0.15) is 78.2 Å². The van der Waals surface area contributed by atoms with Gasteiger partial charge in [-0.15, -0.1) is 0 Å². The van der Waals surface area contributed by atoms with Crippen LogP contribution in [0.25, 0.3) is 38.9 Å². The molecule has 5 aromatic rings. The second-order valence-electron chi connectivity index (χ2n) is 12.8. The molecule has 10 nitrogen and oxygen atoms in total. The summed E-state index contributed by atoms with van der Waals surface area (Å²) in [6.07, 6.45) is 3.87. The summed E-state index contributed by atoms with van der Waals surface area (Å²) in [6.45, 7) is 12.7. The Balaban J connectivity index is 1.74. The normalized spacial score (nSPS) is 16.6. The summed E-state index contributed by atoms with van der Waals surface area (Å²) in [6, 6.07) is 6.37. The average Bonchev–Trinajstić information content (AvgIpc) is 3.53. The maximum Gasteiger partial charge on any atom is 0.282 e. The molecular formula is C36H37F2N7O3. The second kappa shape index (κ2) is 12.4. The number of fused-ring (bicyclic) bond motifs is 2. The van der Waals surface area contributed by atoms with E-state index in [1.54, 1.807) is 25.4 Å². The largest absolute Gasteiger partial charge is 0.355 e. The topological polar surface area (TPSA) is 126 Å². The van der Waals surface area contributed by atoms with Crippen LogP contribution in [0.3, 0.4) is 0 Å². The molecular weight excluding hydrogens is 616 g/mol. The minimum absolute atomic E-state index is 0.0293. The van der Waals surface area contributed by atoms with Crippen LogP contribution in [0.15, 0.2) is 53.9 Å². The van der Waals surface area contributed by atoms with Crippen LogP contribution in [0.5, 0.6) is 0 Å². The summed E-state index contributed by atoms with van der Waals surface area (Å²) in [5.41, 5.74) is 3.55. The van der Waals surface area contributed by atoms with Crippen molar-refractivity contribution in [2.24, 2.45) is 0 Å². The molecule has 1 aliphatic rings. The Bertz CT molecular complexity index is 2200. The number of hydrogen-bond acceptors (Lipinski definition) is 6. The van der Waals surface area contributed by atoms with E-state index in [4.69, 9.17) is 4.98 Å². The first kappa shape index (κ1) is 32.7. The van der Waals surface area contributed by atoms with Crippen molar-refractivity contribution in [3.63, 3.8) is 0 Å². The average molecular weight is 654 g/mol. The number of aryl methyl sites for hydroxylation is 2. The number of amides is 2. The zero-order valence-corrected chi connectivity index (χ0v) is 27.7. The van der Waals surface area contributed by atoms with Crippen LogP contribution >= 0.6 is 0 Å². The second-order valence-corrected chi connectivity index (χ2v) is 12.8. The lowest BCUT2D eigenvalue weighted by Crippen LogP contribution is -2.45. The number of halogens is 2. The molecule has 1 fully saturated rings. The number of nitrogens with one attached hydrogen (secondary N) is 2. The van der Waals surface area contributed by atoms with Gasteiger partial charge in [0.1, 0.15) is 22.7 Å². The van der Waals surface area contributed by atoms with E-state index in [1.807, 2.05) is 39.8 Å². The highest BCUT2D eigenvalue weighted by Crippen LogP contribution is 2.40. The van der Waals surface area contributed by atoms with E-state index < -0.39 is 41.0 Å². The number of H-pyrrole nitrogens is 1. The molecule has 2 N–H and O–H groups in total. The predicted molar refractivity (Wildman–Crippen MR) is 181 cm³/mol. The number of aromatic nitrogens is 5. The maximum absolute atomic E-state index is 16.6. The summed E-state index contributed by atoms with van der Waals surface area (Å²) >= 11 is 0. The van der Waals surface area contributed by atoms with Gasteiger partial charge in [-0.1, -0.05) is 26.5 Å². The van der Waals surface area contributed by atoms with Gasteiger partial charge in [0.05, 0.1) is 23.1 Å². The molecule has 2 amide bonds. The van der Waals surface area contributed by atoms with Gasteiger partial charge in [0, 0.05) is 42.2 Å². The highest BCUT2D eigenvalue weighted by atomic mass is 19.1. The van der Waals surface area contributed by atoms with Crippen LogP contribution in [0, 0.1) is 19.7 Å². The number of pyridine rings is 3. The van der Waals surface area contributed by atoms with Crippen molar-refractivity contribution in [3.8, 4) is 16.9 Å². The van der Waals surface area contributed by atoms with Crippen molar-refractivity contribution in [1.82, 2.24) is 34.9 Å². The van der Waals surface area contributed by atoms with Crippen LogP contribution in [-0.4, -0.2) is 61.1 Å². The van der Waals surface area contributed by atoms with Crippen molar-refractivity contribution < 1.29 is 18.4 Å². The summed E-state index contributed by atoms with van der Waals surface area (Å²) < 4.78 is 31.9. The molecule has 0 radical (unpaired) electrons. The van der Waals surface area contributed by atoms with Gasteiger partial charge in [0.2, 0.25) is 0 Å². The molecule has 48 heavy (non-hydrogen) atoms. The molecule has 0 bridgehead atoms. The zero-order chi connectivity index (χ0) is 34.6. The first-order chi connectivity index (χ1) is 22.8. The van der Waals surface area contributed by atoms with E-state index >= 15 is 4.39 Å². The molecule has 0 spiro atoms. The number of benzene rings is 1. The van der Waals surface area contributed by atoms with Crippen molar-refractivity contribution in [2.75, 3.05) is 13.6 Å². The van der Waals surface area contributed by atoms with Gasteiger partial charge in [-0.2, -0.15) is 5.10 Å². The van der Waals surface area contributed by atoms with E-state index in [2.05, 4.69) is 27.1 Å². The van der Waals surface area contributed by atoms with E-state index in [0.29, 0.717) is 46.3 Å².